The number of benzene rings is 4. The van der Waals surface area contributed by atoms with Gasteiger partial charge in [0.15, 0.2) is 0 Å². The van der Waals surface area contributed by atoms with Crippen LogP contribution in [0.4, 0.5) is 0 Å². The van der Waals surface area contributed by atoms with Crippen molar-refractivity contribution in [3.8, 4) is 34.1 Å². The highest BCUT2D eigenvalue weighted by atomic mass is 16.5. The van der Waals surface area contributed by atoms with Crippen LogP contribution in [-0.2, 0) is 16.2 Å². The smallest absolute Gasteiger partial charge is 0.137 e. The summed E-state index contributed by atoms with van der Waals surface area (Å²) in [5, 5.41) is 7.38. The first-order valence-corrected chi connectivity index (χ1v) is 20.3. The molecule has 5 nitrogen and oxygen atoms in total. The molecule has 290 valence electrons. The van der Waals surface area contributed by atoms with Gasteiger partial charge in [-0.3, -0.25) is 4.57 Å². The minimum absolute atomic E-state index is 0.0275. The van der Waals surface area contributed by atoms with Crippen molar-refractivity contribution in [2.45, 2.75) is 125 Å². The summed E-state index contributed by atoms with van der Waals surface area (Å²) in [6.07, 6.45) is 6.17. The third-order valence-electron chi connectivity index (χ3n) is 10.9. The summed E-state index contributed by atoms with van der Waals surface area (Å²) in [6.45, 7) is 33.1. The number of pyridine rings is 1. The van der Waals surface area contributed by atoms with Crippen molar-refractivity contribution >= 4 is 21.8 Å². The molecule has 4 aromatic carbocycles. The van der Waals surface area contributed by atoms with E-state index >= 15 is 0 Å². The van der Waals surface area contributed by atoms with Gasteiger partial charge in [0.1, 0.15) is 17.3 Å². The summed E-state index contributed by atoms with van der Waals surface area (Å²) >= 11 is 0. The highest BCUT2D eigenvalue weighted by Gasteiger charge is 2.39. The lowest BCUT2D eigenvalue weighted by Gasteiger charge is -2.42. The van der Waals surface area contributed by atoms with Crippen LogP contribution in [-0.4, -0.2) is 19.3 Å². The lowest BCUT2D eigenvalue weighted by atomic mass is 9.62. The second kappa shape index (κ2) is 14.1. The molecule has 0 spiro atoms. The van der Waals surface area contributed by atoms with E-state index < -0.39 is 0 Å². The number of hydrogen-bond acceptors (Lipinski definition) is 3. The van der Waals surface area contributed by atoms with Gasteiger partial charge >= 0.3 is 0 Å². The zero-order valence-corrected chi connectivity index (χ0v) is 36.1. The molecule has 56 heavy (non-hydrogen) atoms. The Labute approximate surface area is 334 Å². The van der Waals surface area contributed by atoms with Crippen LogP contribution in [0.5, 0.6) is 11.5 Å². The number of fused-ring (bicyclic) bond motifs is 3. The summed E-state index contributed by atoms with van der Waals surface area (Å²) in [4.78, 5) is 4.76. The van der Waals surface area contributed by atoms with E-state index in [1.807, 2.05) is 29.1 Å². The number of ether oxygens (including phenoxy) is 1. The zero-order valence-electron chi connectivity index (χ0n) is 36.1. The van der Waals surface area contributed by atoms with Crippen LogP contribution < -0.4 is 4.74 Å². The van der Waals surface area contributed by atoms with E-state index in [0.29, 0.717) is 11.8 Å². The Hall–Kier alpha value is -5.16. The van der Waals surface area contributed by atoms with Gasteiger partial charge in [0.25, 0.3) is 0 Å². The molecule has 0 bridgehead atoms. The van der Waals surface area contributed by atoms with Gasteiger partial charge in [0.2, 0.25) is 0 Å². The second-order valence-corrected chi connectivity index (χ2v) is 19.4. The molecule has 0 fully saturated rings. The fourth-order valence-electron chi connectivity index (χ4n) is 8.89. The van der Waals surface area contributed by atoms with E-state index in [9.17, 15) is 0 Å². The fourth-order valence-corrected chi connectivity index (χ4v) is 8.89. The Balaban J connectivity index is 1.34. The molecular formula is C51H60N4O. The molecule has 7 rings (SSSR count). The average Bonchev–Trinajstić information content (AvgIpc) is 3.72. The summed E-state index contributed by atoms with van der Waals surface area (Å²) < 4.78 is 10.9. The lowest BCUT2D eigenvalue weighted by molar-refractivity contribution is 0.483. The molecule has 0 saturated carbocycles. The van der Waals surface area contributed by atoms with Gasteiger partial charge in [-0.2, -0.15) is 5.10 Å². The molecule has 0 N–H and O–H groups in total. The molecule has 3 aromatic heterocycles. The van der Waals surface area contributed by atoms with Gasteiger partial charge in [0.05, 0.1) is 22.9 Å². The Morgan fingerprint density at radius 3 is 1.82 bits per heavy atom. The number of hydrogen-bond donors (Lipinski definition) is 0. The number of aryl methyl sites for hydroxylation is 1. The minimum atomic E-state index is -0.0535. The zero-order chi connectivity index (χ0) is 40.5. The molecule has 0 aliphatic carbocycles. The van der Waals surface area contributed by atoms with Gasteiger partial charge < -0.3 is 4.74 Å². The van der Waals surface area contributed by atoms with Gasteiger partial charge in [-0.1, -0.05) is 114 Å². The Kier molecular flexibility index (Phi) is 9.84. The van der Waals surface area contributed by atoms with Crippen molar-refractivity contribution in [3.63, 3.8) is 0 Å². The van der Waals surface area contributed by atoms with E-state index in [4.69, 9.17) is 14.8 Å². The Bertz CT molecular complexity index is 2530. The third kappa shape index (κ3) is 7.06. The monoisotopic (exact) mass is 744 g/mol. The van der Waals surface area contributed by atoms with Crippen molar-refractivity contribution < 1.29 is 4.74 Å². The highest BCUT2D eigenvalue weighted by molar-refractivity contribution is 6.09. The lowest BCUT2D eigenvalue weighted by Crippen LogP contribution is -2.32. The Morgan fingerprint density at radius 1 is 0.607 bits per heavy atom. The van der Waals surface area contributed by atoms with Crippen molar-refractivity contribution in [1.82, 2.24) is 19.3 Å². The second-order valence-electron chi connectivity index (χ2n) is 19.4. The minimum Gasteiger partial charge on any atom is -0.457 e. The molecule has 0 saturated heterocycles. The van der Waals surface area contributed by atoms with E-state index in [2.05, 4.69) is 175 Å². The van der Waals surface area contributed by atoms with E-state index in [1.165, 1.54) is 44.3 Å². The number of nitrogens with zero attached hydrogens (tertiary/aromatic N) is 4. The molecule has 0 radical (unpaired) electrons. The largest absolute Gasteiger partial charge is 0.457 e. The summed E-state index contributed by atoms with van der Waals surface area (Å²) in [5.41, 5.74) is 14.0. The normalized spacial score (nSPS) is 12.8. The average molecular weight is 745 g/mol. The maximum absolute atomic E-state index is 6.63. The van der Waals surface area contributed by atoms with Crippen molar-refractivity contribution in [2.24, 2.45) is 0 Å². The molecule has 0 aliphatic heterocycles. The quantitative estimate of drug-likeness (QED) is 0.163. The third-order valence-corrected chi connectivity index (χ3v) is 10.9. The van der Waals surface area contributed by atoms with Crippen molar-refractivity contribution in [3.05, 3.63) is 131 Å². The summed E-state index contributed by atoms with van der Waals surface area (Å²) in [7, 11) is 0. The van der Waals surface area contributed by atoms with Crippen molar-refractivity contribution in [1.29, 1.82) is 0 Å². The van der Waals surface area contributed by atoms with Crippen LogP contribution in [0.15, 0.2) is 97.5 Å². The van der Waals surface area contributed by atoms with Crippen molar-refractivity contribution in [2.75, 3.05) is 0 Å². The Morgan fingerprint density at radius 2 is 1.21 bits per heavy atom. The van der Waals surface area contributed by atoms with Gasteiger partial charge in [-0.25, -0.2) is 9.67 Å². The molecule has 7 aromatic rings. The van der Waals surface area contributed by atoms with Gasteiger partial charge in [0, 0.05) is 40.9 Å². The van der Waals surface area contributed by atoms with Crippen LogP contribution in [0.25, 0.3) is 44.4 Å². The van der Waals surface area contributed by atoms with E-state index in [-0.39, 0.29) is 16.2 Å². The number of rotatable bonds is 7. The highest BCUT2D eigenvalue weighted by Crippen LogP contribution is 2.52. The SMILES string of the molecule is Cc1ccnc(-n2c3ccccc3c3ccc(Oc4cccc(-n5cc(-c6c(C(C)C)c(C(C)(C)C)c(C(C)(C)C)c(C(C)(C)C)c6C(C)C)cn5)c4)cc32)c1. The first-order valence-electron chi connectivity index (χ1n) is 20.3. The van der Waals surface area contributed by atoms with E-state index in [0.717, 1.165) is 45.0 Å². The maximum Gasteiger partial charge on any atom is 0.137 e. The molecule has 0 unspecified atom stereocenters. The molecule has 0 aliphatic rings. The topological polar surface area (TPSA) is 44.9 Å². The molecule has 3 heterocycles. The van der Waals surface area contributed by atoms with Crippen LogP contribution in [0, 0.1) is 6.92 Å². The molecule has 0 atom stereocenters. The predicted octanol–water partition coefficient (Wildman–Crippen LogP) is 14.3. The maximum atomic E-state index is 6.63. The van der Waals surface area contributed by atoms with E-state index in [1.54, 1.807) is 0 Å². The van der Waals surface area contributed by atoms with Crippen LogP contribution >= 0.6 is 0 Å². The molecule has 0 amide bonds. The van der Waals surface area contributed by atoms with Gasteiger partial charge in [-0.05, 0) is 116 Å². The van der Waals surface area contributed by atoms with Gasteiger partial charge in [-0.15, -0.1) is 0 Å². The fraction of sp³-hybridized carbons (Fsp3) is 0.373. The summed E-state index contributed by atoms with van der Waals surface area (Å²) in [5.74, 6) is 3.05. The standard InChI is InChI=1S/C51H60N4O/c1-31(2)43-45(44(32(3)4)47(50(9,10)11)48(51(12,13)14)46(43)49(6,7)8)34-29-53-54(30-34)35-18-17-19-36(27-35)56-37-22-23-39-38-20-15-16-21-40(38)55(41(39)28-37)42-26-33(5)24-25-52-42/h15-32H,1-14H3. The first kappa shape index (κ1) is 39.1. The first-order chi connectivity index (χ1) is 26.3. The molecular weight excluding hydrogens is 685 g/mol. The van der Waals surface area contributed by atoms with Crippen LogP contribution in [0.3, 0.4) is 0 Å². The van der Waals surface area contributed by atoms with Crippen LogP contribution in [0.2, 0.25) is 0 Å². The van der Waals surface area contributed by atoms with Crippen LogP contribution in [0.1, 0.15) is 135 Å². The number of para-hydroxylation sites is 1. The summed E-state index contributed by atoms with van der Waals surface area (Å²) in [6, 6.07) is 27.2. The molecule has 5 heteroatoms. The predicted molar refractivity (Wildman–Crippen MR) is 237 cm³/mol. The number of aromatic nitrogens is 4.